The van der Waals surface area contributed by atoms with Gasteiger partial charge in [0.15, 0.2) is 0 Å². The molecule has 0 amide bonds. The molecule has 5 heteroatoms. The third-order valence-corrected chi connectivity index (χ3v) is 3.79. The van der Waals surface area contributed by atoms with Crippen molar-refractivity contribution in [3.63, 3.8) is 0 Å². The highest BCUT2D eigenvalue weighted by molar-refractivity contribution is 7.05. The van der Waals surface area contributed by atoms with Crippen LogP contribution in [0.1, 0.15) is 16.5 Å². The Balaban J connectivity index is 1.88. The number of ether oxygens (including phenoxy) is 1. The van der Waals surface area contributed by atoms with Crippen molar-refractivity contribution in [2.75, 3.05) is 6.61 Å². The number of aromatic nitrogens is 2. The van der Waals surface area contributed by atoms with Crippen molar-refractivity contribution in [3.05, 3.63) is 40.1 Å². The Morgan fingerprint density at radius 3 is 3.06 bits per heavy atom. The molecule has 0 N–H and O–H groups in total. The predicted octanol–water partition coefficient (Wildman–Crippen LogP) is 2.91. The summed E-state index contributed by atoms with van der Waals surface area (Å²) in [4.78, 5) is 4.20. The van der Waals surface area contributed by atoms with Crippen LogP contribution >= 0.6 is 23.1 Å². The summed E-state index contributed by atoms with van der Waals surface area (Å²) in [5.41, 5.74) is 1.23. The molecule has 0 aliphatic carbocycles. The van der Waals surface area contributed by atoms with Gasteiger partial charge in [-0.05, 0) is 41.2 Å². The summed E-state index contributed by atoms with van der Waals surface area (Å²) in [5, 5.41) is 1.29. The van der Waals surface area contributed by atoms with Gasteiger partial charge in [0.2, 0.25) is 5.28 Å². The summed E-state index contributed by atoms with van der Waals surface area (Å²) in [6.07, 6.45) is 0.946. The molecule has 0 saturated heterocycles. The number of benzene rings is 1. The minimum absolute atomic E-state index is 0.278. The van der Waals surface area contributed by atoms with Crippen LogP contribution in [0.3, 0.4) is 0 Å². The Hall–Kier alpha value is -1.13. The van der Waals surface area contributed by atoms with Crippen molar-refractivity contribution in [1.29, 1.82) is 0 Å². The largest absolute Gasteiger partial charge is 0.493 e. The van der Waals surface area contributed by atoms with E-state index in [2.05, 4.69) is 15.4 Å². The lowest BCUT2D eigenvalue weighted by Gasteiger charge is -2.23. The van der Waals surface area contributed by atoms with E-state index in [4.69, 9.17) is 16.3 Å². The van der Waals surface area contributed by atoms with Crippen LogP contribution in [0.5, 0.6) is 5.75 Å². The van der Waals surface area contributed by atoms with Gasteiger partial charge in [-0.15, -0.1) is 0 Å². The molecule has 1 atom stereocenters. The molecule has 0 radical (unpaired) electrons. The number of nitrogens with zero attached hydrogens (tertiary/aromatic N) is 2. The zero-order chi connectivity index (χ0) is 11.0. The highest BCUT2D eigenvalue weighted by atomic mass is 35.5. The van der Waals surface area contributed by atoms with Gasteiger partial charge in [0.25, 0.3) is 0 Å². The summed E-state index contributed by atoms with van der Waals surface area (Å²) < 4.78 is 9.68. The second-order valence-electron chi connectivity index (χ2n) is 3.72. The van der Waals surface area contributed by atoms with E-state index >= 15 is 0 Å². The number of para-hydroxylation sites is 1. The van der Waals surface area contributed by atoms with E-state index in [1.807, 2.05) is 18.2 Å². The van der Waals surface area contributed by atoms with Crippen molar-refractivity contribution >= 4 is 23.1 Å². The predicted molar refractivity (Wildman–Crippen MR) is 63.3 cm³/mol. The molecule has 2 heterocycles. The van der Waals surface area contributed by atoms with Gasteiger partial charge in [-0.1, -0.05) is 18.2 Å². The Labute approximate surface area is 102 Å². The Bertz CT molecular complexity index is 514. The molecule has 0 bridgehead atoms. The minimum atomic E-state index is 0.278. The Kier molecular flexibility index (Phi) is 2.53. The molecule has 0 spiro atoms. The van der Waals surface area contributed by atoms with Crippen LogP contribution in [-0.2, 0) is 6.42 Å². The smallest absolute Gasteiger partial charge is 0.234 e. The zero-order valence-electron chi connectivity index (χ0n) is 8.39. The van der Waals surface area contributed by atoms with Gasteiger partial charge in [-0.2, -0.15) is 4.37 Å². The molecule has 1 aromatic carbocycles. The van der Waals surface area contributed by atoms with E-state index in [0.717, 1.165) is 17.2 Å². The lowest BCUT2D eigenvalue weighted by atomic mass is 9.97. The third-order valence-electron chi connectivity index (χ3n) is 2.65. The van der Waals surface area contributed by atoms with Crippen molar-refractivity contribution in [2.45, 2.75) is 12.3 Å². The molecule has 3 rings (SSSR count). The molecule has 1 aromatic heterocycles. The monoisotopic (exact) mass is 252 g/mol. The minimum Gasteiger partial charge on any atom is -0.493 e. The SMILES string of the molecule is Clc1nsc(C2COc3ccccc3C2)n1. The van der Waals surface area contributed by atoms with Crippen LogP contribution in [0.15, 0.2) is 24.3 Å². The summed E-state index contributed by atoms with van der Waals surface area (Å²) in [5.74, 6) is 1.26. The first-order valence-electron chi connectivity index (χ1n) is 5.03. The van der Waals surface area contributed by atoms with E-state index in [9.17, 15) is 0 Å². The van der Waals surface area contributed by atoms with E-state index in [-0.39, 0.29) is 5.92 Å². The third kappa shape index (κ3) is 1.79. The Morgan fingerprint density at radius 2 is 2.25 bits per heavy atom. The van der Waals surface area contributed by atoms with Crippen LogP contribution in [0, 0.1) is 0 Å². The maximum absolute atomic E-state index is 5.73. The van der Waals surface area contributed by atoms with E-state index in [0.29, 0.717) is 11.9 Å². The van der Waals surface area contributed by atoms with Crippen LogP contribution in [0.25, 0.3) is 0 Å². The number of hydrogen-bond donors (Lipinski definition) is 0. The highest BCUT2D eigenvalue weighted by Crippen LogP contribution is 2.32. The summed E-state index contributed by atoms with van der Waals surface area (Å²) in [7, 11) is 0. The molecule has 16 heavy (non-hydrogen) atoms. The van der Waals surface area contributed by atoms with Crippen LogP contribution in [0.4, 0.5) is 0 Å². The highest BCUT2D eigenvalue weighted by Gasteiger charge is 2.23. The average Bonchev–Trinajstić information content (AvgIpc) is 2.75. The van der Waals surface area contributed by atoms with Gasteiger partial charge >= 0.3 is 0 Å². The van der Waals surface area contributed by atoms with Crippen molar-refractivity contribution < 1.29 is 4.74 Å². The molecule has 2 aromatic rings. The van der Waals surface area contributed by atoms with Gasteiger partial charge in [0, 0.05) is 0 Å². The van der Waals surface area contributed by atoms with Crippen LogP contribution in [0.2, 0.25) is 5.28 Å². The lowest BCUT2D eigenvalue weighted by molar-refractivity contribution is 0.262. The molecule has 3 nitrogen and oxygen atoms in total. The Morgan fingerprint density at radius 1 is 1.38 bits per heavy atom. The van der Waals surface area contributed by atoms with Crippen molar-refractivity contribution in [1.82, 2.24) is 9.36 Å². The summed E-state index contributed by atoms with van der Waals surface area (Å²) >= 11 is 7.08. The first kappa shape index (κ1) is 10.1. The van der Waals surface area contributed by atoms with E-state index < -0.39 is 0 Å². The van der Waals surface area contributed by atoms with Crippen molar-refractivity contribution in [2.24, 2.45) is 0 Å². The molecule has 0 saturated carbocycles. The molecule has 1 aliphatic heterocycles. The molecule has 1 unspecified atom stereocenters. The number of halogens is 1. The second kappa shape index (κ2) is 4.03. The number of rotatable bonds is 1. The maximum Gasteiger partial charge on any atom is 0.234 e. The van der Waals surface area contributed by atoms with Crippen LogP contribution < -0.4 is 4.74 Å². The zero-order valence-corrected chi connectivity index (χ0v) is 9.96. The van der Waals surface area contributed by atoms with E-state index in [1.165, 1.54) is 17.1 Å². The fraction of sp³-hybridized carbons (Fsp3) is 0.273. The van der Waals surface area contributed by atoms with Crippen molar-refractivity contribution in [3.8, 4) is 5.75 Å². The van der Waals surface area contributed by atoms with E-state index in [1.54, 1.807) is 0 Å². The van der Waals surface area contributed by atoms with Gasteiger partial charge < -0.3 is 4.74 Å². The molecule has 82 valence electrons. The quantitative estimate of drug-likeness (QED) is 0.783. The lowest BCUT2D eigenvalue weighted by Crippen LogP contribution is -2.18. The second-order valence-corrected chi connectivity index (χ2v) is 4.84. The number of hydrogen-bond acceptors (Lipinski definition) is 4. The maximum atomic E-state index is 5.73. The van der Waals surface area contributed by atoms with Gasteiger partial charge in [-0.25, -0.2) is 4.98 Å². The van der Waals surface area contributed by atoms with Gasteiger partial charge in [-0.3, -0.25) is 0 Å². The molecule has 0 fully saturated rings. The first-order valence-corrected chi connectivity index (χ1v) is 6.18. The first-order chi connectivity index (χ1) is 7.83. The number of fused-ring (bicyclic) bond motifs is 1. The molecular weight excluding hydrogens is 244 g/mol. The normalized spacial score (nSPS) is 18.9. The van der Waals surface area contributed by atoms with Crippen LogP contribution in [-0.4, -0.2) is 16.0 Å². The molecule has 1 aliphatic rings. The standard InChI is InChI=1S/C11H9ClN2OS/c12-11-13-10(16-14-11)8-5-7-3-1-2-4-9(7)15-6-8/h1-4,8H,5-6H2. The molecular formula is C11H9ClN2OS. The summed E-state index contributed by atoms with van der Waals surface area (Å²) in [6, 6.07) is 8.10. The average molecular weight is 253 g/mol. The fourth-order valence-corrected chi connectivity index (χ4v) is 2.75. The topological polar surface area (TPSA) is 35.0 Å². The summed E-state index contributed by atoms with van der Waals surface area (Å²) in [6.45, 7) is 0.655. The fourth-order valence-electron chi connectivity index (χ4n) is 1.87. The van der Waals surface area contributed by atoms with Gasteiger partial charge in [0.05, 0.1) is 12.5 Å². The van der Waals surface area contributed by atoms with Gasteiger partial charge in [0.1, 0.15) is 10.8 Å².